The van der Waals surface area contributed by atoms with E-state index in [1.165, 1.54) is 6.33 Å². The first kappa shape index (κ1) is 19.6. The Balaban J connectivity index is 1.30. The molecule has 1 amide bonds. The first-order valence-electron chi connectivity index (χ1n) is 9.67. The minimum absolute atomic E-state index is 0.0296. The van der Waals surface area contributed by atoms with Gasteiger partial charge in [0.15, 0.2) is 17.7 Å². The summed E-state index contributed by atoms with van der Waals surface area (Å²) < 4.78 is 12.5. The van der Waals surface area contributed by atoms with Crippen molar-refractivity contribution in [2.75, 3.05) is 38.2 Å². The molecular weight excluding hydrogens is 386 g/mol. The third-order valence-electron chi connectivity index (χ3n) is 4.93. The number of nitrogens with zero attached hydrogens (tertiary/aromatic N) is 7. The SMILES string of the molecule is COc1ccc(OC(C)C(=O)N2CCN(c3ccc(-n4cncn4)nn3)CC2)cc1. The van der Waals surface area contributed by atoms with Crippen LogP contribution < -0.4 is 14.4 Å². The average Bonchev–Trinajstić information content (AvgIpc) is 3.34. The van der Waals surface area contributed by atoms with Gasteiger partial charge in [0, 0.05) is 26.2 Å². The second kappa shape index (κ2) is 8.76. The van der Waals surface area contributed by atoms with Crippen LogP contribution in [0.15, 0.2) is 49.1 Å². The Morgan fingerprint density at radius 2 is 1.63 bits per heavy atom. The van der Waals surface area contributed by atoms with Gasteiger partial charge in [0.05, 0.1) is 7.11 Å². The molecule has 1 aliphatic heterocycles. The zero-order valence-corrected chi connectivity index (χ0v) is 16.9. The van der Waals surface area contributed by atoms with Crippen LogP contribution in [0.25, 0.3) is 5.82 Å². The maximum atomic E-state index is 12.8. The van der Waals surface area contributed by atoms with Gasteiger partial charge >= 0.3 is 0 Å². The Morgan fingerprint density at radius 1 is 0.967 bits per heavy atom. The summed E-state index contributed by atoms with van der Waals surface area (Å²) in [6.07, 6.45) is 2.46. The number of benzene rings is 1. The van der Waals surface area contributed by atoms with Gasteiger partial charge in [-0.3, -0.25) is 4.79 Å². The van der Waals surface area contributed by atoms with E-state index in [-0.39, 0.29) is 5.91 Å². The quantitative estimate of drug-likeness (QED) is 0.599. The molecule has 1 saturated heterocycles. The van der Waals surface area contributed by atoms with Crippen LogP contribution in [-0.4, -0.2) is 75.2 Å². The minimum Gasteiger partial charge on any atom is -0.497 e. The summed E-state index contributed by atoms with van der Waals surface area (Å²) >= 11 is 0. The predicted octanol–water partition coefficient (Wildman–Crippen LogP) is 1.18. The number of methoxy groups -OCH3 is 1. The van der Waals surface area contributed by atoms with E-state index >= 15 is 0 Å². The molecule has 3 heterocycles. The molecule has 0 radical (unpaired) electrons. The Hall–Kier alpha value is -3.69. The number of piperazine rings is 1. The van der Waals surface area contributed by atoms with Gasteiger partial charge in [0.2, 0.25) is 0 Å². The Labute approximate surface area is 174 Å². The van der Waals surface area contributed by atoms with Crippen LogP contribution in [0, 0.1) is 0 Å². The number of amides is 1. The van der Waals surface area contributed by atoms with Crippen LogP contribution in [-0.2, 0) is 4.79 Å². The molecule has 1 fully saturated rings. The Bertz CT molecular complexity index is 953. The van der Waals surface area contributed by atoms with E-state index in [4.69, 9.17) is 9.47 Å². The van der Waals surface area contributed by atoms with Gasteiger partial charge in [-0.15, -0.1) is 10.2 Å². The molecule has 1 aromatic carbocycles. The van der Waals surface area contributed by atoms with E-state index in [1.807, 2.05) is 17.0 Å². The van der Waals surface area contributed by atoms with Gasteiger partial charge in [0.25, 0.3) is 5.91 Å². The molecule has 2 aromatic heterocycles. The third kappa shape index (κ3) is 4.32. The highest BCUT2D eigenvalue weighted by atomic mass is 16.5. The number of rotatable bonds is 6. The zero-order valence-electron chi connectivity index (χ0n) is 16.9. The van der Waals surface area contributed by atoms with Gasteiger partial charge in [-0.2, -0.15) is 5.10 Å². The molecule has 10 heteroatoms. The number of ether oxygens (including phenoxy) is 2. The standard InChI is InChI=1S/C20H23N7O3/c1-15(30-17-5-3-16(29-2)4-6-17)20(28)26-11-9-25(10-12-26)18-7-8-19(24-23-18)27-14-21-13-22-27/h3-8,13-15H,9-12H2,1-2H3. The summed E-state index contributed by atoms with van der Waals surface area (Å²) in [5, 5.41) is 12.5. The van der Waals surface area contributed by atoms with E-state index in [0.717, 1.165) is 11.6 Å². The van der Waals surface area contributed by atoms with Crippen molar-refractivity contribution in [1.82, 2.24) is 29.9 Å². The highest BCUT2D eigenvalue weighted by Crippen LogP contribution is 2.19. The topological polar surface area (TPSA) is 98.5 Å². The number of hydrogen-bond acceptors (Lipinski definition) is 8. The molecule has 0 spiro atoms. The Kier molecular flexibility index (Phi) is 5.73. The molecule has 0 N–H and O–H groups in total. The maximum Gasteiger partial charge on any atom is 0.263 e. The van der Waals surface area contributed by atoms with Crippen molar-refractivity contribution in [3.05, 3.63) is 49.1 Å². The highest BCUT2D eigenvalue weighted by molar-refractivity contribution is 5.81. The average molecular weight is 409 g/mol. The fourth-order valence-electron chi connectivity index (χ4n) is 3.26. The number of anilines is 1. The monoisotopic (exact) mass is 409 g/mol. The van der Waals surface area contributed by atoms with Crippen LogP contribution in [0.2, 0.25) is 0 Å². The van der Waals surface area contributed by atoms with Crippen LogP contribution in [0.1, 0.15) is 6.92 Å². The summed E-state index contributed by atoms with van der Waals surface area (Å²) in [6, 6.07) is 10.9. The molecule has 30 heavy (non-hydrogen) atoms. The molecule has 4 rings (SSSR count). The van der Waals surface area contributed by atoms with Crippen LogP contribution in [0.3, 0.4) is 0 Å². The Morgan fingerprint density at radius 3 is 2.23 bits per heavy atom. The number of hydrogen-bond donors (Lipinski definition) is 0. The van der Waals surface area contributed by atoms with E-state index < -0.39 is 6.10 Å². The molecule has 3 aromatic rings. The molecule has 0 aliphatic carbocycles. The second-order valence-electron chi connectivity index (χ2n) is 6.84. The lowest BCUT2D eigenvalue weighted by Gasteiger charge is -2.36. The minimum atomic E-state index is -0.563. The predicted molar refractivity (Wildman–Crippen MR) is 109 cm³/mol. The highest BCUT2D eigenvalue weighted by Gasteiger charge is 2.26. The maximum absolute atomic E-state index is 12.8. The van der Waals surface area contributed by atoms with Crippen molar-refractivity contribution in [3.8, 4) is 17.3 Å². The number of carbonyl (C=O) groups is 1. The molecule has 1 atom stereocenters. The molecule has 0 saturated carbocycles. The summed E-state index contributed by atoms with van der Waals surface area (Å²) in [6.45, 7) is 4.33. The molecule has 1 aliphatic rings. The molecule has 1 unspecified atom stereocenters. The molecular formula is C20H23N7O3. The summed E-state index contributed by atoms with van der Waals surface area (Å²) in [5.74, 6) is 2.73. The van der Waals surface area contributed by atoms with E-state index in [1.54, 1.807) is 49.3 Å². The second-order valence-corrected chi connectivity index (χ2v) is 6.84. The first-order valence-corrected chi connectivity index (χ1v) is 9.67. The van der Waals surface area contributed by atoms with E-state index in [9.17, 15) is 4.79 Å². The number of aromatic nitrogens is 5. The van der Waals surface area contributed by atoms with Gasteiger partial charge in [-0.25, -0.2) is 9.67 Å². The lowest BCUT2D eigenvalue weighted by Crippen LogP contribution is -2.52. The first-order chi connectivity index (χ1) is 14.6. The van der Waals surface area contributed by atoms with Gasteiger partial charge in [0.1, 0.15) is 24.2 Å². The van der Waals surface area contributed by atoms with Crippen molar-refractivity contribution >= 4 is 11.7 Å². The van der Waals surface area contributed by atoms with E-state index in [2.05, 4.69) is 25.2 Å². The fourth-order valence-corrected chi connectivity index (χ4v) is 3.26. The van der Waals surface area contributed by atoms with E-state index in [0.29, 0.717) is 37.7 Å². The van der Waals surface area contributed by atoms with Crippen molar-refractivity contribution in [2.24, 2.45) is 0 Å². The van der Waals surface area contributed by atoms with Crippen LogP contribution >= 0.6 is 0 Å². The number of carbonyl (C=O) groups excluding carboxylic acids is 1. The normalized spacial score (nSPS) is 15.0. The van der Waals surface area contributed by atoms with Gasteiger partial charge in [-0.1, -0.05) is 0 Å². The van der Waals surface area contributed by atoms with Crippen LogP contribution in [0.5, 0.6) is 11.5 Å². The smallest absolute Gasteiger partial charge is 0.263 e. The van der Waals surface area contributed by atoms with Crippen LogP contribution in [0.4, 0.5) is 5.82 Å². The van der Waals surface area contributed by atoms with Gasteiger partial charge < -0.3 is 19.3 Å². The summed E-state index contributed by atoms with van der Waals surface area (Å²) in [4.78, 5) is 20.6. The molecule has 10 nitrogen and oxygen atoms in total. The molecule has 0 bridgehead atoms. The third-order valence-corrected chi connectivity index (χ3v) is 4.93. The largest absolute Gasteiger partial charge is 0.497 e. The zero-order chi connectivity index (χ0) is 20.9. The van der Waals surface area contributed by atoms with Crippen molar-refractivity contribution in [3.63, 3.8) is 0 Å². The van der Waals surface area contributed by atoms with Crippen molar-refractivity contribution in [1.29, 1.82) is 0 Å². The van der Waals surface area contributed by atoms with Crippen molar-refractivity contribution < 1.29 is 14.3 Å². The summed E-state index contributed by atoms with van der Waals surface area (Å²) in [5.41, 5.74) is 0. The lowest BCUT2D eigenvalue weighted by atomic mass is 10.2. The fraction of sp³-hybridized carbons (Fsp3) is 0.350. The summed E-state index contributed by atoms with van der Waals surface area (Å²) in [7, 11) is 1.61. The van der Waals surface area contributed by atoms with Crippen molar-refractivity contribution in [2.45, 2.75) is 13.0 Å². The van der Waals surface area contributed by atoms with Gasteiger partial charge in [-0.05, 0) is 43.3 Å². The molecule has 156 valence electrons. The lowest BCUT2D eigenvalue weighted by molar-refractivity contribution is -0.138.